The Morgan fingerprint density at radius 2 is 1.89 bits per heavy atom. The fraction of sp³-hybridized carbons (Fsp3) is 0.235. The SMILES string of the molecule is CCS(=O)(=O)c1ccccc1C(=O)OCC(=O)Nc1ncc(Cl)c(C)c1Cl. The van der Waals surface area contributed by atoms with Crippen LogP contribution in [-0.2, 0) is 19.4 Å². The molecule has 1 amide bonds. The van der Waals surface area contributed by atoms with Gasteiger partial charge in [0.2, 0.25) is 0 Å². The Morgan fingerprint density at radius 1 is 1.22 bits per heavy atom. The highest BCUT2D eigenvalue weighted by Crippen LogP contribution is 2.28. The van der Waals surface area contributed by atoms with Crippen molar-refractivity contribution in [2.75, 3.05) is 17.7 Å². The number of esters is 1. The molecule has 2 rings (SSSR count). The Morgan fingerprint density at radius 3 is 2.56 bits per heavy atom. The number of ether oxygens (including phenoxy) is 1. The number of nitrogens with zero attached hydrogens (tertiary/aromatic N) is 1. The van der Waals surface area contributed by atoms with Gasteiger partial charge in [-0.15, -0.1) is 0 Å². The van der Waals surface area contributed by atoms with E-state index in [2.05, 4.69) is 10.3 Å². The first-order valence-electron chi connectivity index (χ1n) is 7.76. The third-order valence-corrected chi connectivity index (χ3v) is 6.25. The quantitative estimate of drug-likeness (QED) is 0.705. The molecular weight excluding hydrogens is 415 g/mol. The summed E-state index contributed by atoms with van der Waals surface area (Å²) in [6.45, 7) is 2.49. The van der Waals surface area contributed by atoms with Crippen molar-refractivity contribution in [3.63, 3.8) is 0 Å². The van der Waals surface area contributed by atoms with Crippen molar-refractivity contribution in [3.8, 4) is 0 Å². The molecule has 0 saturated heterocycles. The average Bonchev–Trinajstić information content (AvgIpc) is 2.66. The molecule has 27 heavy (non-hydrogen) atoms. The van der Waals surface area contributed by atoms with Gasteiger partial charge in [0.1, 0.15) is 0 Å². The number of anilines is 1. The zero-order valence-electron chi connectivity index (χ0n) is 14.5. The van der Waals surface area contributed by atoms with Gasteiger partial charge in [-0.3, -0.25) is 4.79 Å². The van der Waals surface area contributed by atoms with Gasteiger partial charge in [-0.05, 0) is 24.6 Å². The maximum Gasteiger partial charge on any atom is 0.339 e. The second kappa shape index (κ2) is 8.69. The van der Waals surface area contributed by atoms with Gasteiger partial charge >= 0.3 is 5.97 Å². The molecule has 144 valence electrons. The molecule has 0 unspecified atom stereocenters. The van der Waals surface area contributed by atoms with Crippen molar-refractivity contribution in [2.24, 2.45) is 0 Å². The second-order valence-corrected chi connectivity index (χ2v) is 8.45. The number of nitrogens with one attached hydrogen (secondary N) is 1. The lowest BCUT2D eigenvalue weighted by Crippen LogP contribution is -2.22. The van der Waals surface area contributed by atoms with Crippen LogP contribution >= 0.6 is 23.2 Å². The minimum absolute atomic E-state index is 0.0774. The molecule has 0 aliphatic heterocycles. The highest BCUT2D eigenvalue weighted by molar-refractivity contribution is 7.91. The number of amides is 1. The molecule has 0 spiro atoms. The fourth-order valence-electron chi connectivity index (χ4n) is 2.08. The first-order chi connectivity index (χ1) is 12.7. The largest absolute Gasteiger partial charge is 0.452 e. The lowest BCUT2D eigenvalue weighted by atomic mass is 10.2. The molecule has 7 nitrogen and oxygen atoms in total. The van der Waals surface area contributed by atoms with Crippen molar-refractivity contribution in [1.82, 2.24) is 4.98 Å². The van der Waals surface area contributed by atoms with Crippen LogP contribution in [0.4, 0.5) is 5.82 Å². The van der Waals surface area contributed by atoms with Crippen LogP contribution in [0.25, 0.3) is 0 Å². The number of pyridine rings is 1. The molecule has 1 aromatic carbocycles. The number of rotatable bonds is 6. The van der Waals surface area contributed by atoms with Gasteiger partial charge in [-0.1, -0.05) is 42.3 Å². The van der Waals surface area contributed by atoms with Crippen molar-refractivity contribution < 1.29 is 22.7 Å². The van der Waals surface area contributed by atoms with Crippen molar-refractivity contribution in [2.45, 2.75) is 18.7 Å². The summed E-state index contributed by atoms with van der Waals surface area (Å²) >= 11 is 11.9. The van der Waals surface area contributed by atoms with E-state index in [0.717, 1.165) is 0 Å². The van der Waals surface area contributed by atoms with E-state index < -0.39 is 28.3 Å². The Hall–Kier alpha value is -2.16. The molecule has 1 aromatic heterocycles. The van der Waals surface area contributed by atoms with E-state index >= 15 is 0 Å². The third-order valence-electron chi connectivity index (χ3n) is 3.62. The van der Waals surface area contributed by atoms with E-state index in [4.69, 9.17) is 27.9 Å². The van der Waals surface area contributed by atoms with Gasteiger partial charge < -0.3 is 10.1 Å². The van der Waals surface area contributed by atoms with Crippen LogP contribution in [-0.4, -0.2) is 37.6 Å². The fourth-order valence-corrected chi connectivity index (χ4v) is 3.56. The predicted octanol–water partition coefficient (Wildman–Crippen LogP) is 3.29. The number of hydrogen-bond acceptors (Lipinski definition) is 6. The Kier molecular flexibility index (Phi) is 6.80. The van der Waals surface area contributed by atoms with E-state index in [1.54, 1.807) is 6.92 Å². The molecule has 0 radical (unpaired) electrons. The summed E-state index contributed by atoms with van der Waals surface area (Å²) in [5.74, 6) is -1.70. The second-order valence-electron chi connectivity index (χ2n) is 5.42. The molecule has 10 heteroatoms. The highest BCUT2D eigenvalue weighted by Gasteiger charge is 2.22. The first kappa shape index (κ1) is 21.1. The van der Waals surface area contributed by atoms with Gasteiger partial charge in [-0.25, -0.2) is 18.2 Å². The summed E-state index contributed by atoms with van der Waals surface area (Å²) in [6.07, 6.45) is 1.33. The third kappa shape index (κ3) is 4.97. The van der Waals surface area contributed by atoms with Crippen LogP contribution in [0.5, 0.6) is 0 Å². The summed E-state index contributed by atoms with van der Waals surface area (Å²) < 4.78 is 29.1. The Labute approximate surface area is 166 Å². The topological polar surface area (TPSA) is 102 Å². The molecule has 0 saturated carbocycles. The molecule has 1 heterocycles. The number of aromatic nitrogens is 1. The van der Waals surface area contributed by atoms with Crippen LogP contribution in [0.1, 0.15) is 22.8 Å². The molecule has 0 aliphatic rings. The van der Waals surface area contributed by atoms with Crippen molar-refractivity contribution >= 4 is 50.7 Å². The monoisotopic (exact) mass is 430 g/mol. The summed E-state index contributed by atoms with van der Waals surface area (Å²) in [7, 11) is -3.62. The van der Waals surface area contributed by atoms with Crippen LogP contribution in [0, 0.1) is 6.92 Å². The van der Waals surface area contributed by atoms with E-state index in [-0.39, 0.29) is 27.1 Å². The van der Waals surface area contributed by atoms with Crippen LogP contribution in [0.15, 0.2) is 35.4 Å². The maximum absolute atomic E-state index is 12.2. The van der Waals surface area contributed by atoms with Crippen LogP contribution < -0.4 is 5.32 Å². The maximum atomic E-state index is 12.2. The molecule has 0 fully saturated rings. The number of halogens is 2. The van der Waals surface area contributed by atoms with Gasteiger partial charge in [0.05, 0.1) is 26.3 Å². The van der Waals surface area contributed by atoms with E-state index in [0.29, 0.717) is 10.6 Å². The molecule has 2 aromatic rings. The van der Waals surface area contributed by atoms with Crippen molar-refractivity contribution in [1.29, 1.82) is 0 Å². The van der Waals surface area contributed by atoms with E-state index in [9.17, 15) is 18.0 Å². The van der Waals surface area contributed by atoms with Gasteiger partial charge in [0, 0.05) is 6.20 Å². The summed E-state index contributed by atoms with van der Waals surface area (Å²) in [6, 6.07) is 5.65. The zero-order valence-corrected chi connectivity index (χ0v) is 16.8. The number of carbonyl (C=O) groups excluding carboxylic acids is 2. The number of hydrogen-bond donors (Lipinski definition) is 1. The smallest absolute Gasteiger partial charge is 0.339 e. The minimum Gasteiger partial charge on any atom is -0.452 e. The van der Waals surface area contributed by atoms with Gasteiger partial charge in [-0.2, -0.15) is 0 Å². The van der Waals surface area contributed by atoms with Crippen LogP contribution in [0.2, 0.25) is 10.0 Å². The molecule has 0 atom stereocenters. The van der Waals surface area contributed by atoms with Crippen LogP contribution in [0.3, 0.4) is 0 Å². The summed E-state index contributed by atoms with van der Waals surface area (Å²) in [5.41, 5.74) is 0.407. The zero-order chi connectivity index (χ0) is 20.2. The average molecular weight is 431 g/mol. The van der Waals surface area contributed by atoms with Crippen molar-refractivity contribution in [3.05, 3.63) is 51.6 Å². The lowest BCUT2D eigenvalue weighted by molar-refractivity contribution is -0.119. The molecule has 0 bridgehead atoms. The minimum atomic E-state index is -3.62. The Balaban J connectivity index is 2.09. The summed E-state index contributed by atoms with van der Waals surface area (Å²) in [5, 5.41) is 2.92. The Bertz CT molecular complexity index is 993. The summed E-state index contributed by atoms with van der Waals surface area (Å²) in [4.78, 5) is 28.0. The molecule has 1 N–H and O–H groups in total. The number of benzene rings is 1. The van der Waals surface area contributed by atoms with Gasteiger partial charge in [0.25, 0.3) is 5.91 Å². The number of carbonyl (C=O) groups is 2. The highest BCUT2D eigenvalue weighted by atomic mass is 35.5. The standard InChI is InChI=1S/C17H16Cl2N2O5S/c1-3-27(24,25)13-7-5-4-6-11(13)17(23)26-9-14(22)21-16-15(19)10(2)12(18)8-20-16/h4-8H,3,9H2,1-2H3,(H,20,21,22). The van der Waals surface area contributed by atoms with E-state index in [1.807, 2.05) is 0 Å². The molecule has 0 aliphatic carbocycles. The lowest BCUT2D eigenvalue weighted by Gasteiger charge is -2.11. The number of sulfone groups is 1. The predicted molar refractivity (Wildman–Crippen MR) is 102 cm³/mol. The van der Waals surface area contributed by atoms with Gasteiger partial charge in [0.15, 0.2) is 22.3 Å². The van der Waals surface area contributed by atoms with E-state index in [1.165, 1.54) is 37.4 Å². The molecular formula is C17H16Cl2N2O5S. The first-order valence-corrected chi connectivity index (χ1v) is 10.2. The normalized spacial score (nSPS) is 11.1.